The van der Waals surface area contributed by atoms with Crippen LogP contribution in [0.15, 0.2) is 46.2 Å². The van der Waals surface area contributed by atoms with Gasteiger partial charge < -0.3 is 10.1 Å². The van der Waals surface area contributed by atoms with Gasteiger partial charge in [0.25, 0.3) is 0 Å². The first kappa shape index (κ1) is 25.2. The SMILES string of the molecule is CNS(=O)(=O)c1ccc(C)c(NC(=O)C2CCCN(S(=O)(=O)c3ccc(OC)c(C)c3)C2)c1. The molecule has 1 atom stereocenters. The topological polar surface area (TPSA) is 122 Å². The maximum atomic E-state index is 13.2. The Kier molecular flexibility index (Phi) is 7.47. The molecule has 0 bridgehead atoms. The van der Waals surface area contributed by atoms with E-state index in [9.17, 15) is 21.6 Å². The van der Waals surface area contributed by atoms with E-state index in [0.717, 1.165) is 0 Å². The van der Waals surface area contributed by atoms with Crippen LogP contribution < -0.4 is 14.8 Å². The van der Waals surface area contributed by atoms with Crippen molar-refractivity contribution in [3.8, 4) is 5.75 Å². The van der Waals surface area contributed by atoms with E-state index in [1.165, 1.54) is 36.7 Å². The van der Waals surface area contributed by atoms with E-state index in [0.29, 0.717) is 42.0 Å². The third-order valence-electron chi connectivity index (χ3n) is 5.80. The average Bonchev–Trinajstić information content (AvgIpc) is 2.80. The number of anilines is 1. The minimum Gasteiger partial charge on any atom is -0.496 e. The molecule has 2 N–H and O–H groups in total. The van der Waals surface area contributed by atoms with Crippen LogP contribution in [0.4, 0.5) is 5.69 Å². The van der Waals surface area contributed by atoms with E-state index < -0.39 is 26.0 Å². The van der Waals surface area contributed by atoms with Gasteiger partial charge in [-0.1, -0.05) is 6.07 Å². The van der Waals surface area contributed by atoms with Crippen molar-refractivity contribution < 1.29 is 26.4 Å². The Hall–Kier alpha value is -2.47. The quantitative estimate of drug-likeness (QED) is 0.608. The lowest BCUT2D eigenvalue weighted by Crippen LogP contribution is -2.43. The van der Waals surface area contributed by atoms with Gasteiger partial charge in [-0.15, -0.1) is 0 Å². The predicted molar refractivity (Wildman–Crippen MR) is 125 cm³/mol. The van der Waals surface area contributed by atoms with Crippen molar-refractivity contribution in [3.63, 3.8) is 0 Å². The average molecular weight is 496 g/mol. The second-order valence-corrected chi connectivity index (χ2v) is 11.8. The van der Waals surface area contributed by atoms with E-state index in [1.807, 2.05) is 0 Å². The van der Waals surface area contributed by atoms with Gasteiger partial charge in [-0.25, -0.2) is 21.6 Å². The number of hydrogen-bond acceptors (Lipinski definition) is 6. The van der Waals surface area contributed by atoms with Gasteiger partial charge >= 0.3 is 0 Å². The van der Waals surface area contributed by atoms with Crippen molar-refractivity contribution in [2.45, 2.75) is 36.5 Å². The summed E-state index contributed by atoms with van der Waals surface area (Å²) in [6.45, 7) is 3.91. The van der Waals surface area contributed by atoms with Crippen molar-refractivity contribution in [1.29, 1.82) is 0 Å². The molecular weight excluding hydrogens is 466 g/mol. The molecule has 0 radical (unpaired) electrons. The largest absolute Gasteiger partial charge is 0.496 e. The number of carbonyl (C=O) groups is 1. The highest BCUT2D eigenvalue weighted by Crippen LogP contribution is 2.28. The zero-order valence-electron chi connectivity index (χ0n) is 19.1. The fourth-order valence-corrected chi connectivity index (χ4v) is 6.16. The van der Waals surface area contributed by atoms with E-state index in [2.05, 4.69) is 10.0 Å². The highest BCUT2D eigenvalue weighted by molar-refractivity contribution is 7.89. The van der Waals surface area contributed by atoms with Crippen LogP contribution >= 0.6 is 0 Å². The van der Waals surface area contributed by atoms with Crippen LogP contribution in [0.3, 0.4) is 0 Å². The molecule has 1 heterocycles. The van der Waals surface area contributed by atoms with Crippen molar-refractivity contribution in [2.75, 3.05) is 32.6 Å². The lowest BCUT2D eigenvalue weighted by atomic mass is 9.98. The standard InChI is InChI=1S/C22H29N3O6S2/c1-15-7-8-18(32(27,28)23-3)13-20(15)24-22(26)17-6-5-11-25(14-17)33(29,30)19-9-10-21(31-4)16(2)12-19/h7-10,12-13,17,23H,5-6,11,14H2,1-4H3,(H,24,26). The number of hydrogen-bond donors (Lipinski definition) is 2. The minimum absolute atomic E-state index is 0.0358. The molecule has 1 saturated heterocycles. The van der Waals surface area contributed by atoms with E-state index >= 15 is 0 Å². The molecule has 1 unspecified atom stereocenters. The van der Waals surface area contributed by atoms with Gasteiger partial charge in [-0.3, -0.25) is 4.79 Å². The van der Waals surface area contributed by atoms with Crippen molar-refractivity contribution in [2.24, 2.45) is 5.92 Å². The van der Waals surface area contributed by atoms with Gasteiger partial charge in [0, 0.05) is 18.8 Å². The van der Waals surface area contributed by atoms with Crippen molar-refractivity contribution in [3.05, 3.63) is 47.5 Å². The second kappa shape index (κ2) is 9.80. The van der Waals surface area contributed by atoms with Crippen molar-refractivity contribution >= 4 is 31.6 Å². The maximum Gasteiger partial charge on any atom is 0.243 e. The lowest BCUT2D eigenvalue weighted by Gasteiger charge is -2.31. The van der Waals surface area contributed by atoms with Crippen LogP contribution in [0.1, 0.15) is 24.0 Å². The number of nitrogens with zero attached hydrogens (tertiary/aromatic N) is 1. The molecule has 9 nitrogen and oxygen atoms in total. The monoisotopic (exact) mass is 495 g/mol. The summed E-state index contributed by atoms with van der Waals surface area (Å²) in [5.41, 5.74) is 1.78. The summed E-state index contributed by atoms with van der Waals surface area (Å²) in [6.07, 6.45) is 1.08. The highest BCUT2D eigenvalue weighted by Gasteiger charge is 2.33. The van der Waals surface area contributed by atoms with E-state index in [4.69, 9.17) is 4.74 Å². The zero-order chi connectivity index (χ0) is 24.4. The van der Waals surface area contributed by atoms with Gasteiger partial charge in [0.2, 0.25) is 26.0 Å². The highest BCUT2D eigenvalue weighted by atomic mass is 32.2. The Balaban J connectivity index is 1.79. The minimum atomic E-state index is -3.78. The molecule has 0 aliphatic carbocycles. The van der Waals surface area contributed by atoms with Crippen LogP contribution in [-0.2, 0) is 24.8 Å². The van der Waals surface area contributed by atoms with Crippen LogP contribution in [0.5, 0.6) is 5.75 Å². The molecule has 0 saturated carbocycles. The molecule has 2 aromatic rings. The Morgan fingerprint density at radius 3 is 2.36 bits per heavy atom. The second-order valence-electron chi connectivity index (χ2n) is 8.01. The summed E-state index contributed by atoms with van der Waals surface area (Å²) < 4.78 is 59.4. The summed E-state index contributed by atoms with van der Waals surface area (Å²) in [5, 5.41) is 2.78. The predicted octanol–water partition coefficient (Wildman–Crippen LogP) is 2.26. The third-order valence-corrected chi connectivity index (χ3v) is 9.08. The van der Waals surface area contributed by atoms with Crippen LogP contribution in [0, 0.1) is 19.8 Å². The molecule has 1 aliphatic rings. The molecule has 3 rings (SSSR count). The number of sulfonamides is 2. The lowest BCUT2D eigenvalue weighted by molar-refractivity contribution is -0.120. The third kappa shape index (κ3) is 5.37. The number of aryl methyl sites for hydroxylation is 2. The molecular formula is C22H29N3O6S2. The van der Waals surface area contributed by atoms with Gasteiger partial charge in [0.15, 0.2) is 0 Å². The maximum absolute atomic E-state index is 13.2. The fraction of sp³-hybridized carbons (Fsp3) is 0.409. The Morgan fingerprint density at radius 2 is 1.73 bits per heavy atom. The molecule has 2 aromatic carbocycles. The number of ether oxygens (including phenoxy) is 1. The zero-order valence-corrected chi connectivity index (χ0v) is 20.7. The van der Waals surface area contributed by atoms with Gasteiger partial charge in [0.1, 0.15) is 5.75 Å². The fourth-order valence-electron chi connectivity index (χ4n) is 3.79. The molecule has 1 fully saturated rings. The normalized spacial score (nSPS) is 17.5. The number of carbonyl (C=O) groups excluding carboxylic acids is 1. The Bertz CT molecular complexity index is 1260. The molecule has 1 amide bonds. The molecule has 33 heavy (non-hydrogen) atoms. The summed E-state index contributed by atoms with van der Waals surface area (Å²) in [7, 11) is -4.60. The number of methoxy groups -OCH3 is 1. The summed E-state index contributed by atoms with van der Waals surface area (Å²) >= 11 is 0. The van der Waals surface area contributed by atoms with Crippen LogP contribution in [-0.4, -0.2) is 54.3 Å². The first-order valence-corrected chi connectivity index (χ1v) is 13.4. The van der Waals surface area contributed by atoms with Crippen LogP contribution in [0.2, 0.25) is 0 Å². The molecule has 180 valence electrons. The first-order chi connectivity index (χ1) is 15.5. The Morgan fingerprint density at radius 1 is 1.03 bits per heavy atom. The molecule has 0 spiro atoms. The van der Waals surface area contributed by atoms with E-state index in [1.54, 1.807) is 32.0 Å². The molecule has 11 heteroatoms. The molecule has 1 aliphatic heterocycles. The summed E-state index contributed by atoms with van der Waals surface area (Å²) in [5.74, 6) is -0.303. The smallest absolute Gasteiger partial charge is 0.243 e. The number of rotatable bonds is 7. The van der Waals surface area contributed by atoms with E-state index in [-0.39, 0.29) is 22.2 Å². The first-order valence-electron chi connectivity index (χ1n) is 10.5. The molecule has 0 aromatic heterocycles. The number of piperidine rings is 1. The summed E-state index contributed by atoms with van der Waals surface area (Å²) in [6, 6.07) is 9.16. The number of nitrogens with one attached hydrogen (secondary N) is 2. The Labute approximate surface area is 195 Å². The summed E-state index contributed by atoms with van der Waals surface area (Å²) in [4.78, 5) is 13.2. The van der Waals surface area contributed by atoms with Gasteiger partial charge in [-0.2, -0.15) is 4.31 Å². The number of amides is 1. The van der Waals surface area contributed by atoms with Gasteiger partial charge in [-0.05, 0) is 75.2 Å². The van der Waals surface area contributed by atoms with Crippen molar-refractivity contribution in [1.82, 2.24) is 9.03 Å². The van der Waals surface area contributed by atoms with Crippen LogP contribution in [0.25, 0.3) is 0 Å². The van der Waals surface area contributed by atoms with Gasteiger partial charge in [0.05, 0.1) is 22.8 Å². The number of benzene rings is 2.